The van der Waals surface area contributed by atoms with Gasteiger partial charge in [0.1, 0.15) is 0 Å². The molecule has 1 aliphatic heterocycles. The lowest BCUT2D eigenvalue weighted by Gasteiger charge is -2.25. The number of ether oxygens (including phenoxy) is 1. The van der Waals surface area contributed by atoms with Crippen molar-refractivity contribution in [3.8, 4) is 0 Å². The molecule has 1 aromatic rings. The molecule has 1 saturated heterocycles. The summed E-state index contributed by atoms with van der Waals surface area (Å²) in [5.74, 6) is 0. The fourth-order valence-electron chi connectivity index (χ4n) is 1.67. The number of aromatic nitrogens is 1. The monoisotopic (exact) mass is 221 g/mol. The number of cyclic esters (lactones) is 1. The molecule has 0 unspecified atom stereocenters. The summed E-state index contributed by atoms with van der Waals surface area (Å²) in [6.45, 7) is 2.16. The Morgan fingerprint density at radius 2 is 2.25 bits per heavy atom. The third kappa shape index (κ3) is 2.49. The average molecular weight is 221 g/mol. The van der Waals surface area contributed by atoms with Gasteiger partial charge in [-0.2, -0.15) is 0 Å². The van der Waals surface area contributed by atoms with Crippen molar-refractivity contribution in [1.82, 2.24) is 9.88 Å². The zero-order valence-electron chi connectivity index (χ0n) is 9.06. The van der Waals surface area contributed by atoms with Crippen molar-refractivity contribution in [1.29, 1.82) is 0 Å². The maximum absolute atomic E-state index is 11.4. The lowest BCUT2D eigenvalue weighted by atomic mass is 10.2. The van der Waals surface area contributed by atoms with Gasteiger partial charge in [0, 0.05) is 13.1 Å². The predicted octanol–water partition coefficient (Wildman–Crippen LogP) is 0.883. The van der Waals surface area contributed by atoms with Gasteiger partial charge in [-0.1, -0.05) is 6.07 Å². The second-order valence-corrected chi connectivity index (χ2v) is 3.71. The van der Waals surface area contributed by atoms with Crippen LogP contribution in [0.15, 0.2) is 18.2 Å². The summed E-state index contributed by atoms with van der Waals surface area (Å²) in [6.07, 6.45) is 0.619. The fourth-order valence-corrected chi connectivity index (χ4v) is 1.67. The number of carbonyl (C=O) groups excluding carboxylic acids is 1. The van der Waals surface area contributed by atoms with Gasteiger partial charge in [0.2, 0.25) is 0 Å². The molecule has 2 heterocycles. The van der Waals surface area contributed by atoms with E-state index in [1.165, 1.54) is 0 Å². The van der Waals surface area contributed by atoms with Crippen LogP contribution in [0.2, 0.25) is 0 Å². The van der Waals surface area contributed by atoms with Crippen molar-refractivity contribution in [2.24, 2.45) is 5.73 Å². The molecular weight excluding hydrogens is 206 g/mol. The minimum atomic E-state index is -0.258. The van der Waals surface area contributed by atoms with E-state index < -0.39 is 0 Å². The first-order chi connectivity index (χ1) is 7.79. The topological polar surface area (TPSA) is 68.4 Å². The molecule has 2 N–H and O–H groups in total. The van der Waals surface area contributed by atoms with E-state index in [0.29, 0.717) is 19.7 Å². The standard InChI is InChI=1S/C11H15N3O2/c12-7-9-3-1-4-10(13-9)8-14-5-2-6-16-11(14)15/h1,3-4H,2,5-8,12H2. The Balaban J connectivity index is 2.04. The molecule has 2 rings (SSSR count). The summed E-state index contributed by atoms with van der Waals surface area (Å²) in [6, 6.07) is 5.67. The number of carbonyl (C=O) groups is 1. The smallest absolute Gasteiger partial charge is 0.410 e. The Morgan fingerprint density at radius 3 is 3.00 bits per heavy atom. The number of nitrogens with two attached hydrogens (primary N) is 1. The van der Waals surface area contributed by atoms with Crippen LogP contribution in [0.4, 0.5) is 4.79 Å². The van der Waals surface area contributed by atoms with Gasteiger partial charge in [-0.25, -0.2) is 4.79 Å². The summed E-state index contributed by atoms with van der Waals surface area (Å²) >= 11 is 0. The quantitative estimate of drug-likeness (QED) is 0.822. The Hall–Kier alpha value is -1.62. The van der Waals surface area contributed by atoms with Crippen molar-refractivity contribution in [2.75, 3.05) is 13.2 Å². The lowest BCUT2D eigenvalue weighted by molar-refractivity contribution is 0.0695. The molecule has 0 aliphatic carbocycles. The van der Waals surface area contributed by atoms with Gasteiger partial charge in [-0.05, 0) is 18.6 Å². The maximum atomic E-state index is 11.4. The summed E-state index contributed by atoms with van der Waals surface area (Å²) < 4.78 is 4.95. The van der Waals surface area contributed by atoms with Crippen molar-refractivity contribution in [2.45, 2.75) is 19.5 Å². The maximum Gasteiger partial charge on any atom is 0.410 e. The highest BCUT2D eigenvalue weighted by Gasteiger charge is 2.19. The largest absolute Gasteiger partial charge is 0.449 e. The van der Waals surface area contributed by atoms with Gasteiger partial charge in [0.05, 0.1) is 24.5 Å². The van der Waals surface area contributed by atoms with Crippen molar-refractivity contribution in [3.05, 3.63) is 29.6 Å². The van der Waals surface area contributed by atoms with Crippen LogP contribution in [0.25, 0.3) is 0 Å². The van der Waals surface area contributed by atoms with Gasteiger partial charge in [-0.3, -0.25) is 4.98 Å². The lowest BCUT2D eigenvalue weighted by Crippen LogP contribution is -2.37. The van der Waals surface area contributed by atoms with E-state index in [1.54, 1.807) is 4.90 Å². The number of hydrogen-bond donors (Lipinski definition) is 1. The predicted molar refractivity (Wildman–Crippen MR) is 58.5 cm³/mol. The molecule has 0 aromatic carbocycles. The Bertz CT molecular complexity index is 381. The molecule has 16 heavy (non-hydrogen) atoms. The highest BCUT2D eigenvalue weighted by atomic mass is 16.6. The van der Waals surface area contributed by atoms with Crippen molar-refractivity contribution < 1.29 is 9.53 Å². The molecule has 1 aliphatic rings. The molecule has 0 radical (unpaired) electrons. The third-order valence-corrected chi connectivity index (χ3v) is 2.48. The number of nitrogens with zero attached hydrogens (tertiary/aromatic N) is 2. The molecule has 0 saturated carbocycles. The van der Waals surface area contributed by atoms with E-state index in [9.17, 15) is 4.79 Å². The summed E-state index contributed by atoms with van der Waals surface area (Å²) in [7, 11) is 0. The van der Waals surface area contributed by atoms with Crippen molar-refractivity contribution >= 4 is 6.09 Å². The van der Waals surface area contributed by atoms with Crippen LogP contribution in [0.5, 0.6) is 0 Å². The number of rotatable bonds is 3. The minimum Gasteiger partial charge on any atom is -0.449 e. The number of amides is 1. The Morgan fingerprint density at radius 1 is 1.44 bits per heavy atom. The van der Waals surface area contributed by atoms with Gasteiger partial charge in [-0.15, -0.1) is 0 Å². The zero-order chi connectivity index (χ0) is 11.4. The van der Waals surface area contributed by atoms with Gasteiger partial charge in [0.25, 0.3) is 0 Å². The Labute approximate surface area is 94.2 Å². The third-order valence-electron chi connectivity index (χ3n) is 2.48. The number of pyridine rings is 1. The fraction of sp³-hybridized carbons (Fsp3) is 0.455. The van der Waals surface area contributed by atoms with Gasteiger partial charge in [0.15, 0.2) is 0 Å². The van der Waals surface area contributed by atoms with Crippen LogP contribution in [0.3, 0.4) is 0 Å². The summed E-state index contributed by atoms with van der Waals surface area (Å²) in [5.41, 5.74) is 7.20. The average Bonchev–Trinajstić information content (AvgIpc) is 2.32. The zero-order valence-corrected chi connectivity index (χ0v) is 9.06. The van der Waals surface area contributed by atoms with Crippen LogP contribution >= 0.6 is 0 Å². The van der Waals surface area contributed by atoms with Crippen LogP contribution in [0.1, 0.15) is 17.8 Å². The van der Waals surface area contributed by atoms with Crippen molar-refractivity contribution in [3.63, 3.8) is 0 Å². The van der Waals surface area contributed by atoms with E-state index in [-0.39, 0.29) is 6.09 Å². The second-order valence-electron chi connectivity index (χ2n) is 3.71. The van der Waals surface area contributed by atoms with E-state index in [2.05, 4.69) is 4.98 Å². The highest BCUT2D eigenvalue weighted by molar-refractivity contribution is 5.68. The first kappa shape index (κ1) is 10.9. The van der Waals surface area contributed by atoms with Crippen LogP contribution in [-0.4, -0.2) is 29.1 Å². The summed E-state index contributed by atoms with van der Waals surface area (Å²) in [5, 5.41) is 0. The van der Waals surface area contributed by atoms with Crippen LogP contribution < -0.4 is 5.73 Å². The summed E-state index contributed by atoms with van der Waals surface area (Å²) in [4.78, 5) is 17.4. The number of hydrogen-bond acceptors (Lipinski definition) is 4. The first-order valence-corrected chi connectivity index (χ1v) is 5.36. The molecule has 1 aromatic heterocycles. The van der Waals surface area contributed by atoms with E-state index in [4.69, 9.17) is 10.5 Å². The molecule has 0 bridgehead atoms. The normalized spacial score (nSPS) is 16.1. The molecule has 0 spiro atoms. The van der Waals surface area contributed by atoms with Gasteiger partial charge < -0.3 is 15.4 Å². The second kappa shape index (κ2) is 4.94. The molecular formula is C11H15N3O2. The van der Waals surface area contributed by atoms with E-state index >= 15 is 0 Å². The molecule has 5 heteroatoms. The molecule has 1 amide bonds. The van der Waals surface area contributed by atoms with Crippen LogP contribution in [-0.2, 0) is 17.8 Å². The first-order valence-electron chi connectivity index (χ1n) is 5.36. The van der Waals surface area contributed by atoms with E-state index in [0.717, 1.165) is 24.4 Å². The highest BCUT2D eigenvalue weighted by Crippen LogP contribution is 2.09. The molecule has 1 fully saturated rings. The van der Waals surface area contributed by atoms with Gasteiger partial charge >= 0.3 is 6.09 Å². The molecule has 5 nitrogen and oxygen atoms in total. The SMILES string of the molecule is NCc1cccc(CN2CCCOC2=O)n1. The molecule has 0 atom stereocenters. The van der Waals surface area contributed by atoms with E-state index in [1.807, 2.05) is 18.2 Å². The van der Waals surface area contributed by atoms with Crippen LogP contribution in [0, 0.1) is 0 Å². The molecule has 86 valence electrons. The Kier molecular flexibility index (Phi) is 3.36. The minimum absolute atomic E-state index is 0.258.